The highest BCUT2D eigenvalue weighted by molar-refractivity contribution is 5.97. The van der Waals surface area contributed by atoms with Crippen LogP contribution in [0.25, 0.3) is 33.3 Å². The molecule has 4 aromatic rings. The number of rotatable bonds is 8. The van der Waals surface area contributed by atoms with Crippen LogP contribution in [0.2, 0.25) is 0 Å². The zero-order chi connectivity index (χ0) is 24.2. The van der Waals surface area contributed by atoms with Crippen LogP contribution in [-0.4, -0.2) is 90.1 Å². The third-order valence-electron chi connectivity index (χ3n) is 6.79. The number of para-hydroxylation sites is 1. The Morgan fingerprint density at radius 3 is 2.51 bits per heavy atom. The molecule has 1 aliphatic rings. The average molecular weight is 471 g/mol. The SMILES string of the molecule is COc1ccccc1-c1c[nH]c2ncc(-c3cncc(CN4CCN(CCN(C)C)CC4)c3)cc12. The Balaban J connectivity index is 1.33. The third-order valence-corrected chi connectivity index (χ3v) is 6.79. The predicted octanol–water partition coefficient (Wildman–Crippen LogP) is 3.98. The predicted molar refractivity (Wildman–Crippen MR) is 142 cm³/mol. The first-order chi connectivity index (χ1) is 17.1. The van der Waals surface area contributed by atoms with Crippen LogP contribution in [0.15, 0.2) is 61.2 Å². The van der Waals surface area contributed by atoms with Crippen molar-refractivity contribution in [3.63, 3.8) is 0 Å². The van der Waals surface area contributed by atoms with Crippen LogP contribution in [0.4, 0.5) is 0 Å². The molecule has 0 saturated carbocycles. The molecule has 4 heterocycles. The van der Waals surface area contributed by atoms with Crippen molar-refractivity contribution in [1.29, 1.82) is 0 Å². The van der Waals surface area contributed by atoms with E-state index in [0.29, 0.717) is 0 Å². The molecule has 35 heavy (non-hydrogen) atoms. The van der Waals surface area contributed by atoms with E-state index in [9.17, 15) is 0 Å². The number of piperazine rings is 1. The van der Waals surface area contributed by atoms with Crippen molar-refractivity contribution in [2.75, 3.05) is 60.5 Å². The summed E-state index contributed by atoms with van der Waals surface area (Å²) < 4.78 is 5.60. The normalized spacial score (nSPS) is 15.2. The van der Waals surface area contributed by atoms with Crippen LogP contribution >= 0.6 is 0 Å². The minimum Gasteiger partial charge on any atom is -0.496 e. The van der Waals surface area contributed by atoms with Crippen molar-refractivity contribution in [2.45, 2.75) is 6.54 Å². The van der Waals surface area contributed by atoms with Crippen molar-refractivity contribution in [1.82, 2.24) is 29.7 Å². The summed E-state index contributed by atoms with van der Waals surface area (Å²) in [4.78, 5) is 19.9. The Labute approximate surface area is 207 Å². The van der Waals surface area contributed by atoms with E-state index in [0.717, 1.165) is 84.9 Å². The first-order valence-corrected chi connectivity index (χ1v) is 12.2. The third kappa shape index (κ3) is 5.37. The van der Waals surface area contributed by atoms with Gasteiger partial charge in [-0.05, 0) is 37.9 Å². The molecule has 1 aromatic carbocycles. The van der Waals surface area contributed by atoms with Gasteiger partial charge in [-0.15, -0.1) is 0 Å². The smallest absolute Gasteiger partial charge is 0.137 e. The van der Waals surface area contributed by atoms with Crippen LogP contribution in [-0.2, 0) is 6.54 Å². The summed E-state index contributed by atoms with van der Waals surface area (Å²) >= 11 is 0. The highest BCUT2D eigenvalue weighted by Gasteiger charge is 2.17. The topological polar surface area (TPSA) is 60.5 Å². The Bertz CT molecular complexity index is 1280. The first-order valence-electron chi connectivity index (χ1n) is 12.2. The summed E-state index contributed by atoms with van der Waals surface area (Å²) in [6.45, 7) is 7.62. The summed E-state index contributed by atoms with van der Waals surface area (Å²) in [5.74, 6) is 0.851. The minimum atomic E-state index is 0.851. The van der Waals surface area contributed by atoms with E-state index in [2.05, 4.69) is 57.0 Å². The van der Waals surface area contributed by atoms with Gasteiger partial charge < -0.3 is 14.6 Å². The second kappa shape index (κ2) is 10.6. The van der Waals surface area contributed by atoms with Crippen LogP contribution in [0, 0.1) is 0 Å². The maximum absolute atomic E-state index is 5.60. The largest absolute Gasteiger partial charge is 0.496 e. The lowest BCUT2D eigenvalue weighted by molar-refractivity contribution is 0.120. The van der Waals surface area contributed by atoms with Gasteiger partial charge in [-0.3, -0.25) is 14.8 Å². The van der Waals surface area contributed by atoms with Gasteiger partial charge in [0.2, 0.25) is 0 Å². The van der Waals surface area contributed by atoms with E-state index in [1.807, 2.05) is 43.0 Å². The van der Waals surface area contributed by atoms with Crippen molar-refractivity contribution in [3.8, 4) is 28.0 Å². The molecule has 1 N–H and O–H groups in total. The van der Waals surface area contributed by atoms with Gasteiger partial charge in [0.1, 0.15) is 11.4 Å². The number of aromatic nitrogens is 3. The molecule has 0 spiro atoms. The number of hydrogen-bond donors (Lipinski definition) is 1. The van der Waals surface area contributed by atoms with Crippen molar-refractivity contribution >= 4 is 11.0 Å². The van der Waals surface area contributed by atoms with Gasteiger partial charge in [0.05, 0.1) is 7.11 Å². The van der Waals surface area contributed by atoms with Gasteiger partial charge in [-0.25, -0.2) is 4.98 Å². The Morgan fingerprint density at radius 1 is 0.943 bits per heavy atom. The molecule has 0 bridgehead atoms. The second-order valence-electron chi connectivity index (χ2n) is 9.53. The number of ether oxygens (including phenoxy) is 1. The molecule has 1 saturated heterocycles. The molecule has 5 rings (SSSR count). The first kappa shape index (κ1) is 23.5. The van der Waals surface area contributed by atoms with Crippen molar-refractivity contribution in [2.24, 2.45) is 0 Å². The van der Waals surface area contributed by atoms with Crippen LogP contribution in [0.3, 0.4) is 0 Å². The molecule has 1 aliphatic heterocycles. The number of hydrogen-bond acceptors (Lipinski definition) is 6. The summed E-state index contributed by atoms with van der Waals surface area (Å²) in [5, 5.41) is 1.08. The van der Waals surface area contributed by atoms with Crippen LogP contribution in [0.1, 0.15) is 5.56 Å². The molecular formula is C28H34N6O. The van der Waals surface area contributed by atoms with Gasteiger partial charge in [0.25, 0.3) is 0 Å². The molecule has 1 fully saturated rings. The molecule has 7 heteroatoms. The second-order valence-corrected chi connectivity index (χ2v) is 9.53. The lowest BCUT2D eigenvalue weighted by atomic mass is 10.0. The van der Waals surface area contributed by atoms with Gasteiger partial charge >= 0.3 is 0 Å². The lowest BCUT2D eigenvalue weighted by Crippen LogP contribution is -2.47. The fourth-order valence-corrected chi connectivity index (χ4v) is 4.75. The number of methoxy groups -OCH3 is 1. The Kier molecular flexibility index (Phi) is 7.08. The number of H-pyrrole nitrogens is 1. The van der Waals surface area contributed by atoms with Gasteiger partial charge in [0, 0.05) is 98.2 Å². The maximum atomic E-state index is 5.60. The van der Waals surface area contributed by atoms with Gasteiger partial charge in [-0.2, -0.15) is 0 Å². The van der Waals surface area contributed by atoms with Gasteiger partial charge in [-0.1, -0.05) is 18.2 Å². The number of likely N-dealkylation sites (N-methyl/N-ethyl adjacent to an activating group) is 1. The average Bonchev–Trinajstić information content (AvgIpc) is 3.31. The van der Waals surface area contributed by atoms with E-state index in [-0.39, 0.29) is 0 Å². The Morgan fingerprint density at radius 2 is 1.71 bits per heavy atom. The fourth-order valence-electron chi connectivity index (χ4n) is 4.75. The van der Waals surface area contributed by atoms with Crippen LogP contribution in [0.5, 0.6) is 5.75 Å². The summed E-state index contributed by atoms with van der Waals surface area (Å²) in [6, 6.07) is 12.5. The molecule has 7 nitrogen and oxygen atoms in total. The van der Waals surface area contributed by atoms with Crippen molar-refractivity contribution < 1.29 is 4.74 Å². The molecule has 0 unspecified atom stereocenters. The molecular weight excluding hydrogens is 436 g/mol. The van der Waals surface area contributed by atoms with E-state index in [1.165, 1.54) is 5.56 Å². The number of aromatic amines is 1. The number of nitrogens with zero attached hydrogens (tertiary/aromatic N) is 5. The van der Waals surface area contributed by atoms with E-state index in [1.54, 1.807) is 7.11 Å². The molecule has 0 atom stereocenters. The van der Waals surface area contributed by atoms with Crippen molar-refractivity contribution in [3.05, 3.63) is 66.7 Å². The quantitative estimate of drug-likeness (QED) is 0.420. The monoisotopic (exact) mass is 470 g/mol. The Hall–Kier alpha value is -3.26. The summed E-state index contributed by atoms with van der Waals surface area (Å²) in [6.07, 6.45) is 7.85. The lowest BCUT2D eigenvalue weighted by Gasteiger charge is -2.35. The molecule has 0 aliphatic carbocycles. The minimum absolute atomic E-state index is 0.851. The van der Waals surface area contributed by atoms with E-state index < -0.39 is 0 Å². The summed E-state index contributed by atoms with van der Waals surface area (Å²) in [5.41, 5.74) is 6.40. The molecule has 3 aromatic heterocycles. The van der Waals surface area contributed by atoms with E-state index >= 15 is 0 Å². The zero-order valence-electron chi connectivity index (χ0n) is 20.9. The standard InChI is InChI=1S/C28H34N6O/c1-32(2)8-9-33-10-12-34(13-11-33)20-21-14-22(17-29-16-21)23-15-25-26(19-31-28(25)30-18-23)24-6-4-5-7-27(24)35-3/h4-7,14-19H,8-13,20H2,1-3H3,(H,30,31). The van der Waals surface area contributed by atoms with Gasteiger partial charge in [0.15, 0.2) is 0 Å². The number of nitrogens with one attached hydrogen (secondary N) is 1. The highest BCUT2D eigenvalue weighted by Crippen LogP contribution is 2.36. The molecule has 182 valence electrons. The highest BCUT2D eigenvalue weighted by atomic mass is 16.5. The number of pyridine rings is 2. The number of fused-ring (bicyclic) bond motifs is 1. The summed E-state index contributed by atoms with van der Waals surface area (Å²) in [7, 11) is 5.98. The fraction of sp³-hybridized carbons (Fsp3) is 0.357. The maximum Gasteiger partial charge on any atom is 0.137 e. The zero-order valence-corrected chi connectivity index (χ0v) is 20.9. The number of benzene rings is 1. The van der Waals surface area contributed by atoms with Crippen LogP contribution < -0.4 is 4.74 Å². The molecule has 0 radical (unpaired) electrons. The van der Waals surface area contributed by atoms with E-state index in [4.69, 9.17) is 9.72 Å². The molecule has 0 amide bonds.